The van der Waals surface area contributed by atoms with Crippen LogP contribution in [0.15, 0.2) is 35.7 Å². The van der Waals surface area contributed by atoms with Crippen molar-refractivity contribution in [1.29, 1.82) is 0 Å². The van der Waals surface area contributed by atoms with Crippen LogP contribution in [0.3, 0.4) is 0 Å². The van der Waals surface area contributed by atoms with Gasteiger partial charge in [-0.3, -0.25) is 0 Å². The van der Waals surface area contributed by atoms with Gasteiger partial charge in [-0.25, -0.2) is 4.57 Å². The first-order valence-electron chi connectivity index (χ1n) is 8.25. The molecule has 0 saturated carbocycles. The van der Waals surface area contributed by atoms with Crippen LogP contribution in [-0.4, -0.2) is 30.6 Å². The van der Waals surface area contributed by atoms with E-state index in [1.807, 2.05) is 30.5 Å². The van der Waals surface area contributed by atoms with Crippen molar-refractivity contribution in [1.82, 2.24) is 4.37 Å². The molecule has 148 valence electrons. The summed E-state index contributed by atoms with van der Waals surface area (Å²) in [5.41, 5.74) is 4.22. The average molecular weight is 421 g/mol. The summed E-state index contributed by atoms with van der Waals surface area (Å²) in [5, 5.41) is 1.91. The van der Waals surface area contributed by atoms with E-state index in [9.17, 15) is 4.57 Å². The van der Waals surface area contributed by atoms with E-state index in [2.05, 4.69) is 4.37 Å². The smallest absolute Gasteiger partial charge is 0.365 e. The molecule has 1 heterocycles. The average Bonchev–Trinajstić information content (AvgIpc) is 3.16. The third kappa shape index (κ3) is 3.99. The Morgan fingerprint density at radius 1 is 0.964 bits per heavy atom. The first kappa shape index (κ1) is 20.2. The highest BCUT2D eigenvalue weighted by atomic mass is 32.1. The second-order valence-corrected chi connectivity index (χ2v) is 7.20. The van der Waals surface area contributed by atoms with Gasteiger partial charge in [0.2, 0.25) is 0 Å². The third-order valence-corrected chi connectivity index (χ3v) is 5.20. The zero-order chi connectivity index (χ0) is 20.3. The van der Waals surface area contributed by atoms with Gasteiger partial charge in [0.25, 0.3) is 0 Å². The number of rotatable bonds is 7. The van der Waals surface area contributed by atoms with Crippen LogP contribution in [0.2, 0.25) is 0 Å². The topological polar surface area (TPSA) is 87.1 Å². The highest BCUT2D eigenvalue weighted by Gasteiger charge is 2.17. The third-order valence-electron chi connectivity index (χ3n) is 4.18. The molecule has 7 nitrogen and oxygen atoms in total. The molecule has 1 N–H and O–H groups in total. The second kappa shape index (κ2) is 8.65. The largest absolute Gasteiger partial charge is 0.493 e. The van der Waals surface area contributed by atoms with Crippen molar-refractivity contribution in [3.05, 3.63) is 41.3 Å². The molecular weight excluding hydrogens is 401 g/mol. The van der Waals surface area contributed by atoms with E-state index in [1.54, 1.807) is 26.4 Å². The Bertz CT molecular complexity index is 1020. The van der Waals surface area contributed by atoms with Crippen LogP contribution in [0.4, 0.5) is 0 Å². The summed E-state index contributed by atoms with van der Waals surface area (Å²) in [4.78, 5) is 9.15. The summed E-state index contributed by atoms with van der Waals surface area (Å²) < 4.78 is 36.8. The first-order valence-corrected chi connectivity index (χ1v) is 10.3. The normalized spacial score (nSPS) is 11.8. The van der Waals surface area contributed by atoms with Crippen molar-refractivity contribution in [3.63, 3.8) is 0 Å². The summed E-state index contributed by atoms with van der Waals surface area (Å²) in [5.74, 6) is 1.88. The van der Waals surface area contributed by atoms with E-state index in [1.165, 1.54) is 18.6 Å². The molecule has 1 aromatic heterocycles. The Balaban J connectivity index is 2.10. The summed E-state index contributed by atoms with van der Waals surface area (Å²) in [6.07, 6.45) is 0. The van der Waals surface area contributed by atoms with Crippen LogP contribution in [0.5, 0.6) is 23.0 Å². The number of ether oxygens (including phenoxy) is 3. The van der Waals surface area contributed by atoms with Crippen molar-refractivity contribution in [2.45, 2.75) is 6.92 Å². The number of benzene rings is 2. The van der Waals surface area contributed by atoms with Gasteiger partial charge in [-0.2, -0.15) is 4.37 Å². The Morgan fingerprint density at radius 2 is 1.68 bits per heavy atom. The molecule has 0 bridgehead atoms. The summed E-state index contributed by atoms with van der Waals surface area (Å²) in [6.45, 7) is 1.94. The van der Waals surface area contributed by atoms with Crippen molar-refractivity contribution in [3.8, 4) is 45.4 Å². The Hall–Kier alpha value is -2.54. The van der Waals surface area contributed by atoms with Gasteiger partial charge in [0.15, 0.2) is 23.0 Å². The SMILES string of the molecule is COc1ccc(-c2csnc2-c2cc(C)c(OC)c(OC)c2)cc1O[PH](=O)O. The minimum absolute atomic E-state index is 0.201. The molecule has 0 amide bonds. The molecule has 0 aliphatic carbocycles. The maximum atomic E-state index is 11.2. The van der Waals surface area contributed by atoms with Gasteiger partial charge in [0.05, 0.1) is 27.0 Å². The van der Waals surface area contributed by atoms with Crippen LogP contribution in [0.1, 0.15) is 5.56 Å². The van der Waals surface area contributed by atoms with Gasteiger partial charge in [0, 0.05) is 16.5 Å². The Morgan fingerprint density at radius 3 is 2.32 bits per heavy atom. The number of aryl methyl sites for hydroxylation is 1. The zero-order valence-corrected chi connectivity index (χ0v) is 17.6. The molecule has 1 unspecified atom stereocenters. The standard InChI is InChI=1S/C19H20NO6PS/c1-11-7-13(9-17(24-3)19(11)25-4)18-14(10-28-20-18)12-5-6-15(23-2)16(8-12)26-27(21)22/h5-10,27H,1-4H3,(H,21,22). The van der Waals surface area contributed by atoms with Gasteiger partial charge in [-0.05, 0) is 53.8 Å². The van der Waals surface area contributed by atoms with Crippen molar-refractivity contribution in [2.75, 3.05) is 21.3 Å². The molecule has 0 radical (unpaired) electrons. The number of hydrogen-bond donors (Lipinski definition) is 1. The van der Waals surface area contributed by atoms with Crippen LogP contribution in [-0.2, 0) is 4.57 Å². The van der Waals surface area contributed by atoms with Gasteiger partial charge in [0.1, 0.15) is 0 Å². The fourth-order valence-corrected chi connectivity index (χ4v) is 4.02. The number of aromatic nitrogens is 1. The lowest BCUT2D eigenvalue weighted by atomic mass is 9.99. The van der Waals surface area contributed by atoms with Gasteiger partial charge in [-0.15, -0.1) is 0 Å². The fraction of sp³-hybridized carbons (Fsp3) is 0.211. The molecule has 0 saturated heterocycles. The molecule has 3 rings (SSSR count). The molecular formula is C19H20NO6PS. The van der Waals surface area contributed by atoms with E-state index < -0.39 is 8.25 Å². The summed E-state index contributed by atoms with van der Waals surface area (Å²) in [6, 6.07) is 9.06. The predicted molar refractivity (Wildman–Crippen MR) is 109 cm³/mol. The van der Waals surface area contributed by atoms with E-state index >= 15 is 0 Å². The predicted octanol–water partition coefficient (Wildman–Crippen LogP) is 4.57. The lowest BCUT2D eigenvalue weighted by Gasteiger charge is -2.13. The molecule has 0 fully saturated rings. The Labute approximate surface area is 167 Å². The maximum absolute atomic E-state index is 11.2. The molecule has 0 aliphatic rings. The minimum Gasteiger partial charge on any atom is -0.493 e. The van der Waals surface area contributed by atoms with E-state index in [4.69, 9.17) is 23.6 Å². The molecule has 1 atom stereocenters. The van der Waals surface area contributed by atoms with E-state index in [0.29, 0.717) is 17.2 Å². The van der Waals surface area contributed by atoms with Crippen LogP contribution in [0.25, 0.3) is 22.4 Å². The number of methoxy groups -OCH3 is 3. The summed E-state index contributed by atoms with van der Waals surface area (Å²) in [7, 11) is 1.50. The first-order chi connectivity index (χ1) is 13.5. The monoisotopic (exact) mass is 421 g/mol. The van der Waals surface area contributed by atoms with Gasteiger partial charge in [-0.1, -0.05) is 6.07 Å². The highest BCUT2D eigenvalue weighted by molar-refractivity contribution is 7.32. The van der Waals surface area contributed by atoms with Crippen LogP contribution >= 0.6 is 19.8 Å². The van der Waals surface area contributed by atoms with Crippen LogP contribution < -0.4 is 18.7 Å². The number of hydrogen-bond acceptors (Lipinski definition) is 7. The van der Waals surface area contributed by atoms with Gasteiger partial charge < -0.3 is 23.6 Å². The molecule has 28 heavy (non-hydrogen) atoms. The zero-order valence-electron chi connectivity index (χ0n) is 15.8. The van der Waals surface area contributed by atoms with Crippen LogP contribution in [0, 0.1) is 6.92 Å². The number of nitrogens with zero attached hydrogens (tertiary/aromatic N) is 1. The Kier molecular flexibility index (Phi) is 6.24. The van der Waals surface area contributed by atoms with E-state index in [-0.39, 0.29) is 5.75 Å². The van der Waals surface area contributed by atoms with Crippen molar-refractivity contribution < 1.29 is 28.2 Å². The lowest BCUT2D eigenvalue weighted by molar-refractivity contribution is 0.353. The van der Waals surface area contributed by atoms with Gasteiger partial charge >= 0.3 is 8.25 Å². The maximum Gasteiger partial charge on any atom is 0.365 e. The van der Waals surface area contributed by atoms with Crippen molar-refractivity contribution >= 4 is 19.8 Å². The summed E-state index contributed by atoms with van der Waals surface area (Å²) >= 11 is 1.32. The van der Waals surface area contributed by atoms with Crippen molar-refractivity contribution in [2.24, 2.45) is 0 Å². The minimum atomic E-state index is -3.16. The fourth-order valence-electron chi connectivity index (χ4n) is 2.96. The quantitative estimate of drug-likeness (QED) is 0.559. The molecule has 0 spiro atoms. The van der Waals surface area contributed by atoms with E-state index in [0.717, 1.165) is 27.9 Å². The second-order valence-electron chi connectivity index (χ2n) is 5.84. The molecule has 3 aromatic rings. The molecule has 2 aromatic carbocycles. The molecule has 9 heteroatoms. The lowest BCUT2D eigenvalue weighted by Crippen LogP contribution is -1.95. The highest BCUT2D eigenvalue weighted by Crippen LogP contribution is 2.42. The molecule has 0 aliphatic heterocycles.